The maximum absolute atomic E-state index is 11.9. The van der Waals surface area contributed by atoms with Crippen LogP contribution in [-0.2, 0) is 16.1 Å². The van der Waals surface area contributed by atoms with Crippen molar-refractivity contribution in [3.8, 4) is 0 Å². The molecular formula is C18H19ClN2O2. The van der Waals surface area contributed by atoms with Gasteiger partial charge in [-0.3, -0.25) is 9.59 Å². The molecule has 2 amide bonds. The molecule has 5 heteroatoms. The van der Waals surface area contributed by atoms with Crippen LogP contribution in [0.15, 0.2) is 42.5 Å². The average Bonchev–Trinajstić information content (AvgIpc) is 2.49. The zero-order valence-electron chi connectivity index (χ0n) is 13.2. The summed E-state index contributed by atoms with van der Waals surface area (Å²) in [5.74, 6) is -0.657. The molecule has 0 aliphatic carbocycles. The van der Waals surface area contributed by atoms with E-state index in [1.807, 2.05) is 38.1 Å². The van der Waals surface area contributed by atoms with Crippen LogP contribution in [0.4, 0.5) is 5.69 Å². The van der Waals surface area contributed by atoms with Crippen molar-refractivity contribution in [2.75, 3.05) is 5.32 Å². The lowest BCUT2D eigenvalue weighted by Crippen LogP contribution is -2.28. The summed E-state index contributed by atoms with van der Waals surface area (Å²) in [5.41, 5.74) is 3.65. The number of rotatable bonds is 5. The van der Waals surface area contributed by atoms with Gasteiger partial charge in [-0.15, -0.1) is 0 Å². The fourth-order valence-corrected chi connectivity index (χ4v) is 2.40. The first-order valence-corrected chi connectivity index (χ1v) is 7.70. The Morgan fingerprint density at radius 1 is 1.00 bits per heavy atom. The molecule has 0 atom stereocenters. The van der Waals surface area contributed by atoms with Crippen molar-refractivity contribution in [2.24, 2.45) is 0 Å². The monoisotopic (exact) mass is 330 g/mol. The van der Waals surface area contributed by atoms with Gasteiger partial charge < -0.3 is 10.6 Å². The first-order chi connectivity index (χ1) is 11.0. The van der Waals surface area contributed by atoms with Gasteiger partial charge >= 0.3 is 0 Å². The molecule has 0 fully saturated rings. The van der Waals surface area contributed by atoms with Crippen molar-refractivity contribution in [1.82, 2.24) is 5.32 Å². The largest absolute Gasteiger partial charge is 0.352 e. The molecule has 0 unspecified atom stereocenters. The predicted octanol–water partition coefficient (Wildman–Crippen LogP) is 3.60. The average molecular weight is 331 g/mol. The number of nitrogens with one attached hydrogen (secondary N) is 2. The summed E-state index contributed by atoms with van der Waals surface area (Å²) in [7, 11) is 0. The molecule has 2 aromatic rings. The summed E-state index contributed by atoms with van der Waals surface area (Å²) < 4.78 is 0. The highest BCUT2D eigenvalue weighted by atomic mass is 35.5. The number of aryl methyl sites for hydroxylation is 2. The molecule has 0 saturated heterocycles. The van der Waals surface area contributed by atoms with Crippen molar-refractivity contribution in [3.63, 3.8) is 0 Å². The van der Waals surface area contributed by atoms with E-state index in [0.717, 1.165) is 16.7 Å². The lowest BCUT2D eigenvalue weighted by molar-refractivity contribution is -0.126. The zero-order chi connectivity index (χ0) is 16.8. The van der Waals surface area contributed by atoms with E-state index in [1.54, 1.807) is 18.2 Å². The Labute approximate surface area is 140 Å². The molecule has 4 nitrogen and oxygen atoms in total. The van der Waals surface area contributed by atoms with Crippen molar-refractivity contribution in [2.45, 2.75) is 26.8 Å². The molecule has 2 N–H and O–H groups in total. The molecular weight excluding hydrogens is 312 g/mol. The Balaban J connectivity index is 1.85. The minimum atomic E-state index is -0.349. The van der Waals surface area contributed by atoms with Crippen LogP contribution < -0.4 is 10.6 Å². The minimum Gasteiger partial charge on any atom is -0.352 e. The molecule has 23 heavy (non-hydrogen) atoms. The molecule has 0 saturated carbocycles. The standard InChI is InChI=1S/C18H19ClN2O2/c1-12-5-3-4-6-14(12)11-20-17(22)10-18(23)21-16-8-7-15(19)9-13(16)2/h3-9H,10-11H2,1-2H3,(H,20,22)(H,21,23). The Morgan fingerprint density at radius 3 is 2.43 bits per heavy atom. The molecule has 2 aromatic carbocycles. The van der Waals surface area contributed by atoms with Crippen LogP contribution in [0.1, 0.15) is 23.1 Å². The molecule has 120 valence electrons. The van der Waals surface area contributed by atoms with Crippen LogP contribution in [0.3, 0.4) is 0 Å². The molecule has 0 bridgehead atoms. The van der Waals surface area contributed by atoms with Crippen LogP contribution in [0, 0.1) is 13.8 Å². The van der Waals surface area contributed by atoms with Gasteiger partial charge in [-0.05, 0) is 48.7 Å². The van der Waals surface area contributed by atoms with E-state index >= 15 is 0 Å². The Hall–Kier alpha value is -2.33. The fraction of sp³-hybridized carbons (Fsp3) is 0.222. The summed E-state index contributed by atoms with van der Waals surface area (Å²) in [6, 6.07) is 13.0. The van der Waals surface area contributed by atoms with E-state index < -0.39 is 0 Å². The first kappa shape index (κ1) is 17.0. The van der Waals surface area contributed by atoms with E-state index in [-0.39, 0.29) is 18.2 Å². The molecule has 2 rings (SSSR count). The Bertz CT molecular complexity index is 729. The summed E-state index contributed by atoms with van der Waals surface area (Å²) >= 11 is 5.87. The maximum Gasteiger partial charge on any atom is 0.233 e. The van der Waals surface area contributed by atoms with Crippen LogP contribution in [0.5, 0.6) is 0 Å². The second-order valence-electron chi connectivity index (χ2n) is 5.39. The summed E-state index contributed by atoms with van der Waals surface area (Å²) in [5, 5.41) is 6.09. The SMILES string of the molecule is Cc1ccccc1CNC(=O)CC(=O)Nc1ccc(Cl)cc1C. The zero-order valence-corrected chi connectivity index (χ0v) is 13.9. The molecule has 0 aliphatic heterocycles. The van der Waals surface area contributed by atoms with Gasteiger partial charge in [0.25, 0.3) is 0 Å². The molecule has 0 spiro atoms. The van der Waals surface area contributed by atoms with Gasteiger partial charge in [-0.1, -0.05) is 35.9 Å². The van der Waals surface area contributed by atoms with Crippen molar-refractivity contribution in [1.29, 1.82) is 0 Å². The fourth-order valence-electron chi connectivity index (χ4n) is 2.17. The van der Waals surface area contributed by atoms with Crippen molar-refractivity contribution < 1.29 is 9.59 Å². The van der Waals surface area contributed by atoms with Gasteiger partial charge in [0.1, 0.15) is 6.42 Å². The van der Waals surface area contributed by atoms with E-state index in [0.29, 0.717) is 17.3 Å². The van der Waals surface area contributed by atoms with Gasteiger partial charge in [0.05, 0.1) is 0 Å². The third kappa shape index (κ3) is 5.11. The quantitative estimate of drug-likeness (QED) is 0.823. The van der Waals surface area contributed by atoms with Crippen LogP contribution in [-0.4, -0.2) is 11.8 Å². The van der Waals surface area contributed by atoms with E-state index in [1.165, 1.54) is 0 Å². The third-order valence-corrected chi connectivity index (χ3v) is 3.76. The molecule has 0 radical (unpaired) electrons. The van der Waals surface area contributed by atoms with Crippen molar-refractivity contribution >= 4 is 29.1 Å². The summed E-state index contributed by atoms with van der Waals surface area (Å²) in [6.07, 6.45) is -0.214. The highest BCUT2D eigenvalue weighted by molar-refractivity contribution is 6.30. The number of anilines is 1. The number of halogens is 1. The Morgan fingerprint density at radius 2 is 1.74 bits per heavy atom. The van der Waals surface area contributed by atoms with Gasteiger partial charge in [0.2, 0.25) is 11.8 Å². The normalized spacial score (nSPS) is 10.2. The second kappa shape index (κ2) is 7.79. The summed E-state index contributed by atoms with van der Waals surface area (Å²) in [6.45, 7) is 4.25. The number of carbonyl (C=O) groups excluding carboxylic acids is 2. The topological polar surface area (TPSA) is 58.2 Å². The number of hydrogen-bond acceptors (Lipinski definition) is 2. The molecule has 0 aliphatic rings. The first-order valence-electron chi connectivity index (χ1n) is 7.33. The van der Waals surface area contributed by atoms with Gasteiger partial charge in [-0.25, -0.2) is 0 Å². The maximum atomic E-state index is 11.9. The minimum absolute atomic E-state index is 0.214. The van der Waals surface area contributed by atoms with E-state index in [2.05, 4.69) is 10.6 Å². The van der Waals surface area contributed by atoms with Gasteiger partial charge in [0, 0.05) is 17.3 Å². The van der Waals surface area contributed by atoms with Gasteiger partial charge in [-0.2, -0.15) is 0 Å². The van der Waals surface area contributed by atoms with Crippen LogP contribution >= 0.6 is 11.6 Å². The van der Waals surface area contributed by atoms with Crippen LogP contribution in [0.25, 0.3) is 0 Å². The number of benzene rings is 2. The number of carbonyl (C=O) groups is 2. The van der Waals surface area contributed by atoms with E-state index in [9.17, 15) is 9.59 Å². The molecule has 0 heterocycles. The van der Waals surface area contributed by atoms with E-state index in [4.69, 9.17) is 11.6 Å². The highest BCUT2D eigenvalue weighted by Crippen LogP contribution is 2.19. The summed E-state index contributed by atoms with van der Waals surface area (Å²) in [4.78, 5) is 23.8. The smallest absolute Gasteiger partial charge is 0.233 e. The van der Waals surface area contributed by atoms with Crippen LogP contribution in [0.2, 0.25) is 5.02 Å². The molecule has 0 aromatic heterocycles. The second-order valence-corrected chi connectivity index (χ2v) is 5.82. The van der Waals surface area contributed by atoms with Crippen molar-refractivity contribution in [3.05, 3.63) is 64.2 Å². The number of amides is 2. The predicted molar refractivity (Wildman–Crippen MR) is 92.5 cm³/mol. The Kier molecular flexibility index (Phi) is 5.77. The number of hydrogen-bond donors (Lipinski definition) is 2. The highest BCUT2D eigenvalue weighted by Gasteiger charge is 2.11. The lowest BCUT2D eigenvalue weighted by atomic mass is 10.1. The third-order valence-electron chi connectivity index (χ3n) is 3.52. The van der Waals surface area contributed by atoms with Gasteiger partial charge in [0.15, 0.2) is 0 Å². The lowest BCUT2D eigenvalue weighted by Gasteiger charge is -2.10.